The van der Waals surface area contributed by atoms with E-state index in [1.54, 1.807) is 6.08 Å². The average molecular weight is 298 g/mol. The second-order valence-corrected chi connectivity index (χ2v) is 5.13. The smallest absolute Gasteiger partial charge is 0.235 e. The Hall–Kier alpha value is -1.32. The number of hydrogen-bond acceptors (Lipinski definition) is 4. The summed E-state index contributed by atoms with van der Waals surface area (Å²) in [6.07, 6.45) is 4.10. The Kier molecular flexibility index (Phi) is 2.98. The monoisotopic (exact) mass is 297 g/mol. The van der Waals surface area contributed by atoms with Crippen molar-refractivity contribution in [3.05, 3.63) is 21.7 Å². The van der Waals surface area contributed by atoms with Crippen LogP contribution in [0.2, 0.25) is 0 Å². The number of isocyanates is 1. The lowest BCUT2D eigenvalue weighted by Crippen LogP contribution is -2.33. The lowest BCUT2D eigenvalue weighted by atomic mass is 9.71. The Balaban J connectivity index is 2.66. The maximum atomic E-state index is 10.5. The summed E-state index contributed by atoms with van der Waals surface area (Å²) >= 11 is 3.26. The summed E-state index contributed by atoms with van der Waals surface area (Å²) in [5.41, 5.74) is 0.976. The number of nitrogens with zero attached hydrogens (tertiary/aromatic N) is 1. The van der Waals surface area contributed by atoms with E-state index in [4.69, 9.17) is 0 Å². The van der Waals surface area contributed by atoms with Gasteiger partial charge in [-0.3, -0.25) is 0 Å². The molecule has 5 heteroatoms. The minimum absolute atomic E-state index is 0.178. The molecule has 2 rings (SSSR count). The van der Waals surface area contributed by atoms with E-state index in [0.29, 0.717) is 4.47 Å². The predicted octanol–water partition coefficient (Wildman–Crippen LogP) is 2.88. The maximum Gasteiger partial charge on any atom is 0.235 e. The normalized spacial score (nSPS) is 17.1. The third-order valence-electron chi connectivity index (χ3n) is 3.32. The summed E-state index contributed by atoms with van der Waals surface area (Å²) in [6.45, 7) is 1.82. The van der Waals surface area contributed by atoms with Gasteiger partial charge in [-0.1, -0.05) is 0 Å². The molecule has 0 aromatic heterocycles. The van der Waals surface area contributed by atoms with Gasteiger partial charge < -0.3 is 10.2 Å². The van der Waals surface area contributed by atoms with Gasteiger partial charge in [-0.15, -0.1) is 0 Å². The molecule has 1 aliphatic rings. The van der Waals surface area contributed by atoms with Crippen molar-refractivity contribution in [2.75, 3.05) is 0 Å². The van der Waals surface area contributed by atoms with Gasteiger partial charge in [0.25, 0.3) is 0 Å². The van der Waals surface area contributed by atoms with Crippen molar-refractivity contribution in [3.8, 4) is 11.5 Å². The maximum absolute atomic E-state index is 10.5. The molecule has 4 nitrogen and oxygen atoms in total. The highest BCUT2D eigenvalue weighted by molar-refractivity contribution is 9.10. The minimum atomic E-state index is -0.587. The molecule has 0 unspecified atom stereocenters. The highest BCUT2D eigenvalue weighted by Gasteiger charge is 2.42. The second-order valence-electron chi connectivity index (χ2n) is 4.34. The quantitative estimate of drug-likeness (QED) is 0.501. The van der Waals surface area contributed by atoms with Gasteiger partial charge in [-0.05, 0) is 53.7 Å². The Bertz CT molecular complexity index is 517. The number of carbonyl (C=O) groups excluding carboxylic acids is 1. The SMILES string of the molecule is Cc1cc(O)c(O)c(Br)c1C1(N=C=O)CCC1. The van der Waals surface area contributed by atoms with Crippen LogP contribution >= 0.6 is 15.9 Å². The predicted molar refractivity (Wildman–Crippen MR) is 65.9 cm³/mol. The van der Waals surface area contributed by atoms with Gasteiger partial charge in [-0.2, -0.15) is 4.99 Å². The van der Waals surface area contributed by atoms with Gasteiger partial charge in [0.2, 0.25) is 6.08 Å². The van der Waals surface area contributed by atoms with E-state index in [9.17, 15) is 15.0 Å². The average Bonchev–Trinajstić information content (AvgIpc) is 2.22. The van der Waals surface area contributed by atoms with Crippen molar-refractivity contribution in [3.63, 3.8) is 0 Å². The summed E-state index contributed by atoms with van der Waals surface area (Å²) in [4.78, 5) is 14.4. The van der Waals surface area contributed by atoms with Crippen LogP contribution in [0.5, 0.6) is 11.5 Å². The Labute approximate surface area is 107 Å². The molecular weight excluding hydrogens is 286 g/mol. The number of rotatable bonds is 2. The Morgan fingerprint density at radius 3 is 2.59 bits per heavy atom. The molecule has 2 N–H and O–H groups in total. The molecule has 0 saturated heterocycles. The zero-order valence-corrected chi connectivity index (χ0v) is 10.9. The molecule has 90 valence electrons. The van der Waals surface area contributed by atoms with E-state index in [1.807, 2.05) is 6.92 Å². The van der Waals surface area contributed by atoms with Crippen LogP contribution in [0.25, 0.3) is 0 Å². The van der Waals surface area contributed by atoms with Crippen LogP contribution in [0.1, 0.15) is 30.4 Å². The number of benzene rings is 1. The number of halogens is 1. The van der Waals surface area contributed by atoms with Gasteiger partial charge >= 0.3 is 0 Å². The van der Waals surface area contributed by atoms with E-state index in [0.717, 1.165) is 30.4 Å². The first-order valence-electron chi connectivity index (χ1n) is 5.32. The van der Waals surface area contributed by atoms with E-state index < -0.39 is 5.54 Å². The van der Waals surface area contributed by atoms with E-state index in [2.05, 4.69) is 20.9 Å². The molecule has 0 aliphatic heterocycles. The molecule has 1 fully saturated rings. The van der Waals surface area contributed by atoms with Crippen molar-refractivity contribution < 1.29 is 15.0 Å². The number of phenolic OH excluding ortho intramolecular Hbond substituents is 2. The molecule has 0 amide bonds. The molecule has 1 aromatic rings. The van der Waals surface area contributed by atoms with Gasteiger partial charge in [-0.25, -0.2) is 4.79 Å². The first kappa shape index (κ1) is 12.1. The van der Waals surface area contributed by atoms with Crippen LogP contribution in [0.4, 0.5) is 0 Å². The summed E-state index contributed by atoms with van der Waals surface area (Å²) in [7, 11) is 0. The fourth-order valence-corrected chi connectivity index (χ4v) is 3.22. The lowest BCUT2D eigenvalue weighted by molar-refractivity contribution is 0.252. The molecule has 0 atom stereocenters. The molecule has 0 heterocycles. The summed E-state index contributed by atoms with van der Waals surface area (Å²) in [5.74, 6) is -0.388. The zero-order valence-electron chi connectivity index (χ0n) is 9.33. The fraction of sp³-hybridized carbons (Fsp3) is 0.417. The number of aliphatic imine (C=N–C) groups is 1. The van der Waals surface area contributed by atoms with Crippen molar-refractivity contribution in [2.45, 2.75) is 31.7 Å². The van der Waals surface area contributed by atoms with Crippen LogP contribution in [0.3, 0.4) is 0 Å². The van der Waals surface area contributed by atoms with Crippen molar-refractivity contribution >= 4 is 22.0 Å². The molecule has 0 spiro atoms. The molecule has 0 radical (unpaired) electrons. The number of phenols is 2. The number of aromatic hydroxyl groups is 2. The van der Waals surface area contributed by atoms with Gasteiger partial charge in [0.05, 0.1) is 10.0 Å². The second kappa shape index (κ2) is 4.17. The van der Waals surface area contributed by atoms with E-state index in [1.165, 1.54) is 6.07 Å². The molecule has 17 heavy (non-hydrogen) atoms. The third kappa shape index (κ3) is 1.75. The Morgan fingerprint density at radius 1 is 1.47 bits per heavy atom. The molecule has 1 saturated carbocycles. The largest absolute Gasteiger partial charge is 0.504 e. The van der Waals surface area contributed by atoms with Gasteiger partial charge in [0, 0.05) is 5.56 Å². The summed E-state index contributed by atoms with van der Waals surface area (Å²) in [5, 5.41) is 19.2. The van der Waals surface area contributed by atoms with Crippen LogP contribution in [-0.4, -0.2) is 16.3 Å². The number of aryl methyl sites for hydroxylation is 1. The Morgan fingerprint density at radius 2 is 2.12 bits per heavy atom. The van der Waals surface area contributed by atoms with Crippen LogP contribution in [0.15, 0.2) is 15.5 Å². The third-order valence-corrected chi connectivity index (χ3v) is 4.10. The molecule has 1 aromatic carbocycles. The van der Waals surface area contributed by atoms with Crippen LogP contribution in [-0.2, 0) is 10.3 Å². The standard InChI is InChI=1S/C12H12BrNO3/c1-7-5-8(16)11(17)10(13)9(7)12(14-6-15)3-2-4-12/h5,16-17H,2-4H2,1H3. The van der Waals surface area contributed by atoms with Gasteiger partial charge in [0.1, 0.15) is 0 Å². The van der Waals surface area contributed by atoms with Crippen molar-refractivity contribution in [1.29, 1.82) is 0 Å². The first-order chi connectivity index (χ1) is 8.02. The van der Waals surface area contributed by atoms with E-state index in [-0.39, 0.29) is 11.5 Å². The molecule has 1 aliphatic carbocycles. The van der Waals surface area contributed by atoms with Crippen molar-refractivity contribution in [1.82, 2.24) is 0 Å². The van der Waals surface area contributed by atoms with Gasteiger partial charge in [0.15, 0.2) is 11.5 Å². The summed E-state index contributed by atoms with van der Waals surface area (Å²) < 4.78 is 0.411. The van der Waals surface area contributed by atoms with Crippen LogP contribution < -0.4 is 0 Å². The summed E-state index contributed by atoms with van der Waals surface area (Å²) in [6, 6.07) is 1.48. The lowest BCUT2D eigenvalue weighted by Gasteiger charge is -2.39. The van der Waals surface area contributed by atoms with E-state index >= 15 is 0 Å². The topological polar surface area (TPSA) is 69.9 Å². The highest BCUT2D eigenvalue weighted by Crippen LogP contribution is 2.52. The van der Waals surface area contributed by atoms with Crippen molar-refractivity contribution in [2.24, 2.45) is 4.99 Å². The fourth-order valence-electron chi connectivity index (χ4n) is 2.34. The minimum Gasteiger partial charge on any atom is -0.504 e. The number of hydrogen-bond donors (Lipinski definition) is 2. The first-order valence-corrected chi connectivity index (χ1v) is 6.11. The molecule has 0 bridgehead atoms. The van der Waals surface area contributed by atoms with Crippen LogP contribution in [0, 0.1) is 6.92 Å². The highest BCUT2D eigenvalue weighted by atomic mass is 79.9. The zero-order chi connectivity index (χ0) is 12.6. The molecular formula is C12H12BrNO3.